The Morgan fingerprint density at radius 3 is 1.90 bits per heavy atom. The van der Waals surface area contributed by atoms with Crippen LogP contribution >= 0.6 is 0 Å². The van der Waals surface area contributed by atoms with Crippen LogP contribution in [0.4, 0.5) is 0 Å². The van der Waals surface area contributed by atoms with Gasteiger partial charge in [-0.15, -0.1) is 0 Å². The molecular weight excluding hydrogens is 633 g/mol. The van der Waals surface area contributed by atoms with Crippen LogP contribution in [0.15, 0.2) is 103 Å². The Morgan fingerprint density at radius 2 is 1.39 bits per heavy atom. The number of benzene rings is 3. The number of hydrogen-bond donors (Lipinski definition) is 0. The van der Waals surface area contributed by atoms with Crippen molar-refractivity contribution in [1.29, 1.82) is 0 Å². The van der Waals surface area contributed by atoms with E-state index >= 15 is 0 Å². The fourth-order valence-electron chi connectivity index (χ4n) is 6.35. The lowest BCUT2D eigenvalue weighted by molar-refractivity contribution is 0.276. The second kappa shape index (κ2) is 17.3. The number of rotatable bonds is 15. The van der Waals surface area contributed by atoms with Crippen LogP contribution in [-0.2, 0) is 15.5 Å². The van der Waals surface area contributed by atoms with Crippen molar-refractivity contribution in [2.75, 3.05) is 13.7 Å². The highest BCUT2D eigenvalue weighted by Crippen LogP contribution is 2.39. The molecule has 0 heterocycles. The largest absolute Gasteiger partial charge is 0.496 e. The topological polar surface area (TPSA) is 27.7 Å². The first-order valence-electron chi connectivity index (χ1n) is 18.0. The summed E-state index contributed by atoms with van der Waals surface area (Å²) in [5, 5.41) is 2.81. The number of ether oxygens (including phenoxy) is 1. The normalized spacial score (nSPS) is 14.4. The van der Waals surface area contributed by atoms with Gasteiger partial charge in [-0.1, -0.05) is 139 Å². The summed E-state index contributed by atoms with van der Waals surface area (Å²) in [5.74, 6) is 1.34. The van der Waals surface area contributed by atoms with E-state index < -0.39 is 16.6 Å². The standard InChI is InChI=1S/C44H64O3Si2/c1-34(22-20-24-36(3)41-32-42(45-11)37(4)31-38(41)33-47-48(12,13)43(5,6)7)30-35(2)23-21-29-46-49(44(8,9)10,39-25-16-14-17-26-39)40-27-18-15-19-28-40/h14-20,22-28,31-32,34H,21,29-30,33H2,1-13H3/b22-20+,35-23+,36-24+/t34-/m0/s1. The van der Waals surface area contributed by atoms with Crippen LogP contribution in [0.25, 0.3) is 5.57 Å². The second-order valence-electron chi connectivity index (χ2n) is 16.3. The van der Waals surface area contributed by atoms with Crippen LogP contribution in [0.3, 0.4) is 0 Å². The van der Waals surface area contributed by atoms with Crippen LogP contribution in [0.1, 0.15) is 91.8 Å². The molecule has 0 aliphatic carbocycles. The Morgan fingerprint density at radius 1 is 0.816 bits per heavy atom. The van der Waals surface area contributed by atoms with E-state index in [4.69, 9.17) is 13.6 Å². The van der Waals surface area contributed by atoms with Gasteiger partial charge in [0, 0.05) is 6.61 Å². The molecule has 0 fully saturated rings. The van der Waals surface area contributed by atoms with E-state index in [1.807, 2.05) is 0 Å². The van der Waals surface area contributed by atoms with Crippen molar-refractivity contribution in [1.82, 2.24) is 0 Å². The summed E-state index contributed by atoms with van der Waals surface area (Å²) in [6, 6.07) is 26.2. The molecule has 1 atom stereocenters. The van der Waals surface area contributed by atoms with E-state index in [1.54, 1.807) is 7.11 Å². The van der Waals surface area contributed by atoms with Gasteiger partial charge in [0.25, 0.3) is 8.32 Å². The number of methoxy groups -OCH3 is 1. The van der Waals surface area contributed by atoms with Gasteiger partial charge in [0.15, 0.2) is 8.32 Å². The maximum absolute atomic E-state index is 7.10. The molecule has 0 amide bonds. The Labute approximate surface area is 301 Å². The summed E-state index contributed by atoms with van der Waals surface area (Å²) in [7, 11) is -2.64. The van der Waals surface area contributed by atoms with Crippen LogP contribution in [-0.4, -0.2) is 30.4 Å². The summed E-state index contributed by atoms with van der Waals surface area (Å²) in [5.41, 5.74) is 6.16. The average Bonchev–Trinajstić information content (AvgIpc) is 3.03. The maximum atomic E-state index is 7.10. The molecule has 0 saturated heterocycles. The number of aryl methyl sites for hydroxylation is 1. The van der Waals surface area contributed by atoms with Crippen LogP contribution < -0.4 is 15.1 Å². The fraction of sp³-hybridized carbons (Fsp3) is 0.455. The summed E-state index contributed by atoms with van der Waals surface area (Å²) in [6.45, 7) is 28.7. The molecule has 3 aromatic carbocycles. The molecule has 0 aromatic heterocycles. The predicted octanol–water partition coefficient (Wildman–Crippen LogP) is 11.4. The number of hydrogen-bond acceptors (Lipinski definition) is 3. The van der Waals surface area contributed by atoms with Crippen molar-refractivity contribution >= 4 is 32.6 Å². The van der Waals surface area contributed by atoms with Crippen LogP contribution in [0.2, 0.25) is 23.2 Å². The molecule has 3 aromatic rings. The molecule has 266 valence electrons. The quantitative estimate of drug-likeness (QED) is 0.0685. The molecule has 3 nitrogen and oxygen atoms in total. The van der Waals surface area contributed by atoms with Crippen molar-refractivity contribution in [3.63, 3.8) is 0 Å². The smallest absolute Gasteiger partial charge is 0.261 e. The Hall–Kier alpha value is -2.97. The summed E-state index contributed by atoms with van der Waals surface area (Å²) in [6.07, 6.45) is 11.1. The van der Waals surface area contributed by atoms with Crippen molar-refractivity contribution in [2.45, 2.75) is 112 Å². The summed E-state index contributed by atoms with van der Waals surface area (Å²) in [4.78, 5) is 0. The Kier molecular flexibility index (Phi) is 14.3. The van der Waals surface area contributed by atoms with Gasteiger partial charge in [0.1, 0.15) is 5.75 Å². The highest BCUT2D eigenvalue weighted by molar-refractivity contribution is 6.99. The third kappa shape index (κ3) is 10.5. The zero-order chi connectivity index (χ0) is 36.5. The van der Waals surface area contributed by atoms with Gasteiger partial charge in [-0.25, -0.2) is 0 Å². The zero-order valence-electron chi connectivity index (χ0n) is 32.9. The molecule has 0 spiro atoms. The second-order valence-corrected chi connectivity index (χ2v) is 25.4. The van der Waals surface area contributed by atoms with Gasteiger partial charge in [0.2, 0.25) is 0 Å². The van der Waals surface area contributed by atoms with Gasteiger partial charge in [0.05, 0.1) is 13.7 Å². The van der Waals surface area contributed by atoms with Crippen molar-refractivity contribution in [3.8, 4) is 5.75 Å². The van der Waals surface area contributed by atoms with Gasteiger partial charge in [-0.2, -0.15) is 0 Å². The predicted molar refractivity (Wildman–Crippen MR) is 218 cm³/mol. The highest BCUT2D eigenvalue weighted by atomic mass is 28.4. The molecule has 0 radical (unpaired) electrons. The third-order valence-electron chi connectivity index (χ3n) is 10.2. The molecule has 0 aliphatic heterocycles. The first-order chi connectivity index (χ1) is 22.9. The van der Waals surface area contributed by atoms with E-state index in [2.05, 4.69) is 179 Å². The minimum absolute atomic E-state index is 0.0122. The Bertz CT molecular complexity index is 1530. The SMILES string of the molecule is COc1cc(/C(C)=C/C=C/[C@H](C)C/C(C)=C/CCO[Si](c2ccccc2)(c2ccccc2)C(C)(C)C)c(CO[Si](C)(C)C(C)(C)C)cc1C. The minimum atomic E-state index is -2.51. The molecule has 3 rings (SSSR count). The molecule has 5 heteroatoms. The minimum Gasteiger partial charge on any atom is -0.496 e. The van der Waals surface area contributed by atoms with Gasteiger partial charge >= 0.3 is 0 Å². The highest BCUT2D eigenvalue weighted by Gasteiger charge is 2.50. The average molecular weight is 697 g/mol. The van der Waals surface area contributed by atoms with Gasteiger partial charge < -0.3 is 13.6 Å². The Balaban J connectivity index is 1.70. The lowest BCUT2D eigenvalue weighted by Crippen LogP contribution is -2.66. The molecule has 49 heavy (non-hydrogen) atoms. The van der Waals surface area contributed by atoms with E-state index in [0.29, 0.717) is 19.1 Å². The zero-order valence-corrected chi connectivity index (χ0v) is 34.9. The van der Waals surface area contributed by atoms with Gasteiger partial charge in [-0.05, 0) is 107 Å². The molecule has 0 saturated carbocycles. The van der Waals surface area contributed by atoms with E-state index in [-0.39, 0.29) is 10.1 Å². The van der Waals surface area contributed by atoms with Crippen molar-refractivity contribution in [3.05, 3.63) is 119 Å². The van der Waals surface area contributed by atoms with E-state index in [1.165, 1.54) is 32.6 Å². The summed E-state index contributed by atoms with van der Waals surface area (Å²) < 4.78 is 19.5. The van der Waals surface area contributed by atoms with Crippen LogP contribution in [0.5, 0.6) is 5.75 Å². The number of allylic oxidation sites excluding steroid dienone is 5. The summed E-state index contributed by atoms with van der Waals surface area (Å²) >= 11 is 0. The molecule has 0 N–H and O–H groups in total. The molecular formula is C44H64O3Si2. The van der Waals surface area contributed by atoms with E-state index in [0.717, 1.165) is 24.2 Å². The monoisotopic (exact) mass is 696 g/mol. The third-order valence-corrected chi connectivity index (χ3v) is 19.7. The lowest BCUT2D eigenvalue weighted by atomic mass is 9.97. The first kappa shape index (κ1) is 40.5. The van der Waals surface area contributed by atoms with Crippen molar-refractivity contribution < 1.29 is 13.6 Å². The van der Waals surface area contributed by atoms with E-state index in [9.17, 15) is 0 Å². The molecule has 0 unspecified atom stereocenters. The first-order valence-corrected chi connectivity index (χ1v) is 22.8. The molecule has 0 bridgehead atoms. The molecule has 0 aliphatic rings. The van der Waals surface area contributed by atoms with Crippen molar-refractivity contribution in [2.24, 2.45) is 5.92 Å². The van der Waals surface area contributed by atoms with Crippen LogP contribution in [0, 0.1) is 12.8 Å². The van der Waals surface area contributed by atoms with Gasteiger partial charge in [-0.3, -0.25) is 0 Å². The lowest BCUT2D eigenvalue weighted by Gasteiger charge is -2.43. The maximum Gasteiger partial charge on any atom is 0.261 e. The fourth-order valence-corrected chi connectivity index (χ4v) is 11.9.